The third kappa shape index (κ3) is 3.97. The quantitative estimate of drug-likeness (QED) is 0.810. The fourth-order valence-electron chi connectivity index (χ4n) is 2.38. The summed E-state index contributed by atoms with van der Waals surface area (Å²) in [6, 6.07) is 15.2. The van der Waals surface area contributed by atoms with Crippen molar-refractivity contribution in [3.63, 3.8) is 0 Å². The summed E-state index contributed by atoms with van der Waals surface area (Å²) in [6.07, 6.45) is 2.85. The molecule has 0 bridgehead atoms. The summed E-state index contributed by atoms with van der Waals surface area (Å²) in [5.41, 5.74) is 1.34. The number of hydrogen-bond acceptors (Lipinski definition) is 2. The van der Waals surface area contributed by atoms with Crippen molar-refractivity contribution in [3.8, 4) is 0 Å². The highest BCUT2D eigenvalue weighted by molar-refractivity contribution is 5.19. The molecule has 0 aliphatic rings. The molecule has 2 nitrogen and oxygen atoms in total. The summed E-state index contributed by atoms with van der Waals surface area (Å²) >= 11 is 0. The summed E-state index contributed by atoms with van der Waals surface area (Å²) < 4.78 is 5.47. The minimum atomic E-state index is 0.221. The Hall–Kier alpha value is -1.54. The minimum absolute atomic E-state index is 0.221. The van der Waals surface area contributed by atoms with E-state index in [-0.39, 0.29) is 6.04 Å². The first-order valence-electron chi connectivity index (χ1n) is 7.01. The molecule has 2 rings (SSSR count). The van der Waals surface area contributed by atoms with Crippen LogP contribution in [0, 0.1) is 5.92 Å². The second kappa shape index (κ2) is 6.58. The average molecular weight is 257 g/mol. The third-order valence-electron chi connectivity index (χ3n) is 3.33. The Kier molecular flexibility index (Phi) is 4.80. The highest BCUT2D eigenvalue weighted by Crippen LogP contribution is 2.25. The minimum Gasteiger partial charge on any atom is -0.468 e. The van der Waals surface area contributed by atoms with Gasteiger partial charge in [-0.25, -0.2) is 0 Å². The molecule has 0 aliphatic heterocycles. The zero-order valence-corrected chi connectivity index (χ0v) is 12.0. The number of furan rings is 1. The summed E-state index contributed by atoms with van der Waals surface area (Å²) in [5.74, 6) is 1.64. The molecule has 2 atom stereocenters. The van der Waals surface area contributed by atoms with Gasteiger partial charge >= 0.3 is 0 Å². The summed E-state index contributed by atoms with van der Waals surface area (Å²) in [6.45, 7) is 6.67. The molecule has 0 fully saturated rings. The molecule has 0 amide bonds. The lowest BCUT2D eigenvalue weighted by Gasteiger charge is -2.24. The lowest BCUT2D eigenvalue weighted by atomic mass is 9.96. The average Bonchev–Trinajstić information content (AvgIpc) is 2.92. The van der Waals surface area contributed by atoms with Crippen molar-refractivity contribution in [2.24, 2.45) is 5.92 Å². The van der Waals surface area contributed by atoms with Gasteiger partial charge in [0, 0.05) is 6.04 Å². The molecule has 102 valence electrons. The lowest BCUT2D eigenvalue weighted by Crippen LogP contribution is -2.25. The van der Waals surface area contributed by atoms with Gasteiger partial charge in [-0.05, 0) is 37.0 Å². The van der Waals surface area contributed by atoms with Crippen molar-refractivity contribution in [1.82, 2.24) is 5.32 Å². The van der Waals surface area contributed by atoms with E-state index in [0.29, 0.717) is 12.0 Å². The molecule has 0 aliphatic carbocycles. The van der Waals surface area contributed by atoms with Gasteiger partial charge in [0.25, 0.3) is 0 Å². The first-order valence-corrected chi connectivity index (χ1v) is 7.01. The molecular formula is C17H23NO. The zero-order chi connectivity index (χ0) is 13.7. The standard InChI is InChI=1S/C17H23NO/c1-13(2)12-16(15-8-5-4-6-9-15)18-14(3)17-10-7-11-19-17/h4-11,13-14,16,18H,12H2,1-3H3/t14-,16?/m0/s1. The molecule has 0 spiro atoms. The molecule has 2 heteroatoms. The highest BCUT2D eigenvalue weighted by atomic mass is 16.3. The molecular weight excluding hydrogens is 234 g/mol. The molecule has 1 heterocycles. The second-order valence-electron chi connectivity index (χ2n) is 5.50. The molecule has 1 unspecified atom stereocenters. The van der Waals surface area contributed by atoms with Crippen LogP contribution < -0.4 is 5.32 Å². The van der Waals surface area contributed by atoms with Crippen LogP contribution in [-0.4, -0.2) is 0 Å². The van der Waals surface area contributed by atoms with Gasteiger partial charge in [0.05, 0.1) is 12.3 Å². The van der Waals surface area contributed by atoms with Crippen LogP contribution >= 0.6 is 0 Å². The number of rotatable bonds is 6. The van der Waals surface area contributed by atoms with E-state index >= 15 is 0 Å². The van der Waals surface area contributed by atoms with Crippen LogP contribution in [-0.2, 0) is 0 Å². The van der Waals surface area contributed by atoms with Crippen molar-refractivity contribution in [2.45, 2.75) is 39.3 Å². The monoisotopic (exact) mass is 257 g/mol. The molecule has 0 saturated heterocycles. The van der Waals surface area contributed by atoms with Crippen LogP contribution in [0.15, 0.2) is 53.1 Å². The third-order valence-corrected chi connectivity index (χ3v) is 3.33. The molecule has 0 saturated carbocycles. The van der Waals surface area contributed by atoms with E-state index in [1.165, 1.54) is 5.56 Å². The smallest absolute Gasteiger partial charge is 0.120 e. The molecule has 1 aromatic heterocycles. The van der Waals surface area contributed by atoms with Gasteiger partial charge in [0.2, 0.25) is 0 Å². The van der Waals surface area contributed by atoms with Gasteiger partial charge in [-0.2, -0.15) is 0 Å². The first kappa shape index (κ1) is 13.9. The van der Waals surface area contributed by atoms with E-state index in [4.69, 9.17) is 4.42 Å². The molecule has 2 aromatic rings. The molecule has 0 radical (unpaired) electrons. The Labute approximate surface area is 115 Å². The van der Waals surface area contributed by atoms with E-state index in [1.54, 1.807) is 6.26 Å². The summed E-state index contributed by atoms with van der Waals surface area (Å²) in [5, 5.41) is 3.67. The van der Waals surface area contributed by atoms with E-state index in [2.05, 4.69) is 56.4 Å². The highest BCUT2D eigenvalue weighted by Gasteiger charge is 2.17. The molecule has 1 N–H and O–H groups in total. The van der Waals surface area contributed by atoms with Crippen LogP contribution in [0.5, 0.6) is 0 Å². The predicted octanol–water partition coefficient (Wildman–Crippen LogP) is 4.72. The second-order valence-corrected chi connectivity index (χ2v) is 5.50. The lowest BCUT2D eigenvalue weighted by molar-refractivity contribution is 0.356. The Balaban J connectivity index is 2.10. The van der Waals surface area contributed by atoms with E-state index in [9.17, 15) is 0 Å². The van der Waals surface area contributed by atoms with Gasteiger partial charge in [-0.15, -0.1) is 0 Å². The number of benzene rings is 1. The Morgan fingerprint density at radius 1 is 1.00 bits per heavy atom. The van der Waals surface area contributed by atoms with Crippen LogP contribution in [0.2, 0.25) is 0 Å². The van der Waals surface area contributed by atoms with E-state index < -0.39 is 0 Å². The molecule has 1 aromatic carbocycles. The van der Waals surface area contributed by atoms with Crippen molar-refractivity contribution in [2.75, 3.05) is 0 Å². The Bertz CT molecular complexity index is 461. The fourth-order valence-corrected chi connectivity index (χ4v) is 2.38. The van der Waals surface area contributed by atoms with Crippen molar-refractivity contribution >= 4 is 0 Å². The van der Waals surface area contributed by atoms with Crippen LogP contribution in [0.1, 0.15) is 50.6 Å². The normalized spacial score (nSPS) is 14.5. The SMILES string of the molecule is CC(C)CC(N[C@@H](C)c1ccco1)c1ccccc1. The van der Waals surface area contributed by atoms with Gasteiger partial charge in [-0.3, -0.25) is 0 Å². The van der Waals surface area contributed by atoms with Gasteiger partial charge in [-0.1, -0.05) is 44.2 Å². The van der Waals surface area contributed by atoms with Gasteiger partial charge < -0.3 is 9.73 Å². The largest absolute Gasteiger partial charge is 0.468 e. The summed E-state index contributed by atoms with van der Waals surface area (Å²) in [7, 11) is 0. The topological polar surface area (TPSA) is 25.2 Å². The van der Waals surface area contributed by atoms with Crippen LogP contribution in [0.4, 0.5) is 0 Å². The fraction of sp³-hybridized carbons (Fsp3) is 0.412. The van der Waals surface area contributed by atoms with Crippen molar-refractivity contribution in [3.05, 3.63) is 60.1 Å². The maximum atomic E-state index is 5.47. The van der Waals surface area contributed by atoms with Crippen molar-refractivity contribution < 1.29 is 4.42 Å². The number of nitrogens with one attached hydrogen (secondary N) is 1. The van der Waals surface area contributed by atoms with Gasteiger partial charge in [0.1, 0.15) is 5.76 Å². The Morgan fingerprint density at radius 2 is 1.74 bits per heavy atom. The van der Waals surface area contributed by atoms with Crippen LogP contribution in [0.25, 0.3) is 0 Å². The summed E-state index contributed by atoms with van der Waals surface area (Å²) in [4.78, 5) is 0. The van der Waals surface area contributed by atoms with Crippen molar-refractivity contribution in [1.29, 1.82) is 0 Å². The Morgan fingerprint density at radius 3 is 2.32 bits per heavy atom. The number of hydrogen-bond donors (Lipinski definition) is 1. The first-order chi connectivity index (χ1) is 9.16. The van der Waals surface area contributed by atoms with Gasteiger partial charge in [0.15, 0.2) is 0 Å². The van der Waals surface area contributed by atoms with Crippen LogP contribution in [0.3, 0.4) is 0 Å². The predicted molar refractivity (Wildman–Crippen MR) is 78.9 cm³/mol. The van der Waals surface area contributed by atoms with E-state index in [0.717, 1.165) is 12.2 Å². The zero-order valence-electron chi connectivity index (χ0n) is 12.0. The molecule has 19 heavy (non-hydrogen) atoms. The maximum Gasteiger partial charge on any atom is 0.120 e. The maximum absolute atomic E-state index is 5.47. The van der Waals surface area contributed by atoms with E-state index in [1.807, 2.05) is 12.1 Å².